The Morgan fingerprint density at radius 2 is 1.90 bits per heavy atom. The minimum atomic E-state index is 0.218. The summed E-state index contributed by atoms with van der Waals surface area (Å²) in [6.45, 7) is 8.67. The second kappa shape index (κ2) is 9.17. The fourth-order valence-corrected chi connectivity index (χ4v) is 3.64. The molecular formula is C23H28N6O. The lowest BCUT2D eigenvalue weighted by molar-refractivity contribution is -0.00545. The van der Waals surface area contributed by atoms with Crippen LogP contribution in [-0.4, -0.2) is 45.2 Å². The van der Waals surface area contributed by atoms with Crippen molar-refractivity contribution in [2.75, 3.05) is 23.3 Å². The second-order valence-electron chi connectivity index (χ2n) is 7.68. The molecule has 3 aromatic rings. The van der Waals surface area contributed by atoms with Gasteiger partial charge in [0.1, 0.15) is 17.3 Å². The van der Waals surface area contributed by atoms with Crippen LogP contribution in [0, 0.1) is 0 Å². The summed E-state index contributed by atoms with van der Waals surface area (Å²) in [7, 11) is 0. The zero-order valence-corrected chi connectivity index (χ0v) is 17.7. The molecule has 0 spiro atoms. The van der Waals surface area contributed by atoms with E-state index in [1.165, 1.54) is 0 Å². The molecule has 0 aliphatic carbocycles. The van der Waals surface area contributed by atoms with Crippen molar-refractivity contribution in [2.24, 2.45) is 0 Å². The smallest absolute Gasteiger partial charge is 0.180 e. The van der Waals surface area contributed by atoms with Crippen LogP contribution in [0.2, 0.25) is 0 Å². The van der Waals surface area contributed by atoms with Crippen molar-refractivity contribution in [3.05, 3.63) is 60.0 Å². The average molecular weight is 405 g/mol. The van der Waals surface area contributed by atoms with Gasteiger partial charge in [0, 0.05) is 43.8 Å². The molecule has 4 heterocycles. The largest absolute Gasteiger partial charge is 0.372 e. The first-order chi connectivity index (χ1) is 14.6. The van der Waals surface area contributed by atoms with E-state index in [-0.39, 0.29) is 12.2 Å². The fourth-order valence-electron chi connectivity index (χ4n) is 3.64. The summed E-state index contributed by atoms with van der Waals surface area (Å²) in [5.74, 6) is 2.43. The van der Waals surface area contributed by atoms with Gasteiger partial charge in [-0.1, -0.05) is 19.1 Å². The van der Waals surface area contributed by atoms with Gasteiger partial charge in [-0.05, 0) is 44.0 Å². The molecule has 1 saturated heterocycles. The number of nitrogens with one attached hydrogen (secondary N) is 1. The van der Waals surface area contributed by atoms with Gasteiger partial charge in [0.15, 0.2) is 5.82 Å². The lowest BCUT2D eigenvalue weighted by Gasteiger charge is -2.36. The third kappa shape index (κ3) is 4.91. The van der Waals surface area contributed by atoms with Gasteiger partial charge >= 0.3 is 0 Å². The van der Waals surface area contributed by atoms with E-state index in [0.29, 0.717) is 12.4 Å². The highest BCUT2D eigenvalue weighted by molar-refractivity contribution is 5.53. The molecule has 7 heteroatoms. The maximum Gasteiger partial charge on any atom is 0.180 e. The topological polar surface area (TPSA) is 76.1 Å². The summed E-state index contributed by atoms with van der Waals surface area (Å²) in [5, 5.41) is 3.41. The van der Waals surface area contributed by atoms with Gasteiger partial charge in [0.05, 0.1) is 12.2 Å². The Labute approximate surface area is 177 Å². The number of pyridine rings is 2. The Morgan fingerprint density at radius 1 is 1.07 bits per heavy atom. The molecular weight excluding hydrogens is 376 g/mol. The zero-order chi connectivity index (χ0) is 20.9. The quantitative estimate of drug-likeness (QED) is 0.671. The summed E-state index contributed by atoms with van der Waals surface area (Å²) in [6.07, 6.45) is 4.96. The highest BCUT2D eigenvalue weighted by Gasteiger charge is 2.22. The first kappa shape index (κ1) is 20.2. The maximum absolute atomic E-state index is 5.81. The molecule has 0 saturated carbocycles. The number of hydrogen-bond acceptors (Lipinski definition) is 7. The molecule has 3 aromatic heterocycles. The van der Waals surface area contributed by atoms with Crippen LogP contribution < -0.4 is 10.2 Å². The van der Waals surface area contributed by atoms with Crippen LogP contribution in [-0.2, 0) is 17.7 Å². The van der Waals surface area contributed by atoms with Crippen molar-refractivity contribution in [1.82, 2.24) is 19.9 Å². The number of aromatic nitrogens is 4. The second-order valence-corrected chi connectivity index (χ2v) is 7.68. The molecule has 2 unspecified atom stereocenters. The Bertz CT molecular complexity index is 953. The Hall–Kier alpha value is -3.06. The summed E-state index contributed by atoms with van der Waals surface area (Å²) >= 11 is 0. The lowest BCUT2D eigenvalue weighted by Crippen LogP contribution is -2.45. The van der Waals surface area contributed by atoms with Gasteiger partial charge in [0.25, 0.3) is 0 Å². The minimum absolute atomic E-state index is 0.218. The highest BCUT2D eigenvalue weighted by Crippen LogP contribution is 2.20. The number of rotatable bonds is 6. The number of ether oxygens (including phenoxy) is 1. The van der Waals surface area contributed by atoms with Crippen molar-refractivity contribution in [3.8, 4) is 11.5 Å². The summed E-state index contributed by atoms with van der Waals surface area (Å²) in [4.78, 5) is 20.6. The van der Waals surface area contributed by atoms with Crippen LogP contribution in [0.15, 0.2) is 48.8 Å². The monoisotopic (exact) mass is 404 g/mol. The predicted molar refractivity (Wildman–Crippen MR) is 118 cm³/mol. The van der Waals surface area contributed by atoms with Crippen molar-refractivity contribution in [1.29, 1.82) is 0 Å². The van der Waals surface area contributed by atoms with Gasteiger partial charge in [-0.3, -0.25) is 4.98 Å². The van der Waals surface area contributed by atoms with Crippen LogP contribution in [0.1, 0.15) is 32.0 Å². The third-order valence-electron chi connectivity index (χ3n) is 5.06. The predicted octanol–water partition coefficient (Wildman–Crippen LogP) is 3.72. The van der Waals surface area contributed by atoms with E-state index in [9.17, 15) is 0 Å². The van der Waals surface area contributed by atoms with Gasteiger partial charge in [0.2, 0.25) is 0 Å². The Morgan fingerprint density at radius 3 is 2.57 bits per heavy atom. The summed E-state index contributed by atoms with van der Waals surface area (Å²) in [6, 6.07) is 11.9. The van der Waals surface area contributed by atoms with E-state index in [2.05, 4.69) is 63.1 Å². The molecule has 1 fully saturated rings. The molecule has 0 amide bonds. The van der Waals surface area contributed by atoms with E-state index < -0.39 is 0 Å². The Kier molecular flexibility index (Phi) is 6.18. The molecule has 0 radical (unpaired) electrons. The lowest BCUT2D eigenvalue weighted by atomic mass is 10.2. The Balaban J connectivity index is 1.44. The SMILES string of the molecule is CCc1cc(NCc2ccc(N3CC(C)OC(C)C3)nc2)nc(-c2ccccn2)n1. The number of hydrogen-bond donors (Lipinski definition) is 1. The van der Waals surface area contributed by atoms with Gasteiger partial charge in [-0.15, -0.1) is 0 Å². The fraction of sp³-hybridized carbons (Fsp3) is 0.391. The minimum Gasteiger partial charge on any atom is -0.372 e. The van der Waals surface area contributed by atoms with E-state index in [4.69, 9.17) is 4.74 Å². The molecule has 30 heavy (non-hydrogen) atoms. The molecule has 1 N–H and O–H groups in total. The van der Waals surface area contributed by atoms with Crippen molar-refractivity contribution in [2.45, 2.75) is 45.9 Å². The van der Waals surface area contributed by atoms with Crippen LogP contribution in [0.25, 0.3) is 11.5 Å². The molecule has 1 aliphatic rings. The summed E-state index contributed by atoms with van der Waals surface area (Å²) < 4.78 is 5.81. The highest BCUT2D eigenvalue weighted by atomic mass is 16.5. The number of aryl methyl sites for hydroxylation is 1. The third-order valence-corrected chi connectivity index (χ3v) is 5.06. The molecule has 4 rings (SSSR count). The maximum atomic E-state index is 5.81. The number of nitrogens with zero attached hydrogens (tertiary/aromatic N) is 5. The molecule has 1 aliphatic heterocycles. The average Bonchev–Trinajstić information content (AvgIpc) is 2.78. The summed E-state index contributed by atoms with van der Waals surface area (Å²) in [5.41, 5.74) is 2.86. The molecule has 0 aromatic carbocycles. The number of morpholine rings is 1. The van der Waals surface area contributed by atoms with Crippen LogP contribution in [0.4, 0.5) is 11.6 Å². The van der Waals surface area contributed by atoms with Crippen LogP contribution >= 0.6 is 0 Å². The standard InChI is InChI=1S/C23H28N6O/c1-4-19-11-21(28-23(27-19)20-7-5-6-10-24-20)25-12-18-8-9-22(26-13-18)29-14-16(2)30-17(3)15-29/h5-11,13,16-17H,4,12,14-15H2,1-3H3,(H,25,27,28). The first-order valence-electron chi connectivity index (χ1n) is 10.5. The van der Waals surface area contributed by atoms with Gasteiger partial charge in [-0.2, -0.15) is 0 Å². The molecule has 0 bridgehead atoms. The molecule has 7 nitrogen and oxygen atoms in total. The van der Waals surface area contributed by atoms with Crippen LogP contribution in [0.5, 0.6) is 0 Å². The molecule has 156 valence electrons. The van der Waals surface area contributed by atoms with Gasteiger partial charge in [-0.25, -0.2) is 15.0 Å². The van der Waals surface area contributed by atoms with Crippen molar-refractivity contribution in [3.63, 3.8) is 0 Å². The van der Waals surface area contributed by atoms with E-state index in [0.717, 1.165) is 48.1 Å². The van der Waals surface area contributed by atoms with E-state index in [1.807, 2.05) is 30.5 Å². The van der Waals surface area contributed by atoms with Gasteiger partial charge < -0.3 is 15.0 Å². The molecule has 2 atom stereocenters. The van der Waals surface area contributed by atoms with Crippen molar-refractivity contribution < 1.29 is 4.74 Å². The van der Waals surface area contributed by atoms with Crippen molar-refractivity contribution >= 4 is 11.6 Å². The zero-order valence-electron chi connectivity index (χ0n) is 17.7. The number of anilines is 2. The first-order valence-corrected chi connectivity index (χ1v) is 10.5. The van der Waals surface area contributed by atoms with E-state index >= 15 is 0 Å². The van der Waals surface area contributed by atoms with E-state index in [1.54, 1.807) is 6.20 Å². The van der Waals surface area contributed by atoms with Crippen LogP contribution in [0.3, 0.4) is 0 Å². The normalized spacial score (nSPS) is 19.0.